The molecule has 0 heterocycles. The minimum Gasteiger partial charge on any atom is -0.478 e. The average molecular weight is 277 g/mol. The lowest BCUT2D eigenvalue weighted by Crippen LogP contribution is -2.09. The summed E-state index contributed by atoms with van der Waals surface area (Å²) in [5.41, 5.74) is 9.29. The Bertz CT molecular complexity index is 441. The number of anilines is 1. The molecule has 0 aliphatic heterocycles. The molecule has 0 radical (unpaired) electrons. The number of hydrogen-bond acceptors (Lipinski definition) is 2. The number of benzene rings is 1. The SMILES string of the molecule is CCCCCc1c(N)ccc(C(=O)O)c1CCCCC. The molecular formula is C17H27NO2. The Morgan fingerprint density at radius 1 is 1.00 bits per heavy atom. The molecule has 3 N–H and O–H groups in total. The van der Waals surface area contributed by atoms with Crippen molar-refractivity contribution in [2.45, 2.75) is 65.2 Å². The van der Waals surface area contributed by atoms with Crippen LogP contribution in [0.5, 0.6) is 0 Å². The molecular weight excluding hydrogens is 250 g/mol. The van der Waals surface area contributed by atoms with E-state index in [1.165, 1.54) is 0 Å². The predicted octanol–water partition coefficient (Wildman–Crippen LogP) is 4.43. The molecule has 0 amide bonds. The molecule has 0 unspecified atom stereocenters. The van der Waals surface area contributed by atoms with Crippen LogP contribution in [0, 0.1) is 0 Å². The second-order valence-electron chi connectivity index (χ2n) is 5.38. The zero-order valence-electron chi connectivity index (χ0n) is 12.7. The third-order valence-electron chi connectivity index (χ3n) is 3.76. The van der Waals surface area contributed by atoms with Gasteiger partial charge in [-0.05, 0) is 48.9 Å². The first kappa shape index (κ1) is 16.5. The second kappa shape index (κ2) is 8.62. The topological polar surface area (TPSA) is 63.3 Å². The van der Waals surface area contributed by atoms with Gasteiger partial charge in [-0.15, -0.1) is 0 Å². The van der Waals surface area contributed by atoms with Gasteiger partial charge in [-0.1, -0.05) is 39.5 Å². The highest BCUT2D eigenvalue weighted by atomic mass is 16.4. The maximum Gasteiger partial charge on any atom is 0.335 e. The first-order valence-corrected chi connectivity index (χ1v) is 7.75. The smallest absolute Gasteiger partial charge is 0.335 e. The van der Waals surface area contributed by atoms with Gasteiger partial charge in [-0.25, -0.2) is 4.79 Å². The lowest BCUT2D eigenvalue weighted by molar-refractivity contribution is 0.0695. The molecule has 1 rings (SSSR count). The standard InChI is InChI=1S/C17H27NO2/c1-3-5-7-9-13-14(10-8-6-4-2)16(18)12-11-15(13)17(19)20/h11-12H,3-10,18H2,1-2H3,(H,19,20). The highest BCUT2D eigenvalue weighted by Gasteiger charge is 2.16. The molecule has 1 aromatic carbocycles. The number of carboxylic acid groups (broad SMARTS) is 1. The zero-order valence-corrected chi connectivity index (χ0v) is 12.7. The highest BCUT2D eigenvalue weighted by molar-refractivity contribution is 5.90. The zero-order chi connectivity index (χ0) is 15.0. The van der Waals surface area contributed by atoms with Crippen molar-refractivity contribution in [3.8, 4) is 0 Å². The number of unbranched alkanes of at least 4 members (excludes halogenated alkanes) is 4. The molecule has 112 valence electrons. The predicted molar refractivity (Wildman–Crippen MR) is 84.3 cm³/mol. The number of carboxylic acids is 1. The first-order valence-electron chi connectivity index (χ1n) is 7.75. The molecule has 0 saturated carbocycles. The van der Waals surface area contributed by atoms with Gasteiger partial charge in [-0.3, -0.25) is 0 Å². The lowest BCUT2D eigenvalue weighted by Gasteiger charge is -2.15. The Morgan fingerprint density at radius 3 is 2.05 bits per heavy atom. The van der Waals surface area contributed by atoms with Crippen LogP contribution in [-0.2, 0) is 12.8 Å². The van der Waals surface area contributed by atoms with Gasteiger partial charge in [0.25, 0.3) is 0 Å². The molecule has 3 nitrogen and oxygen atoms in total. The van der Waals surface area contributed by atoms with E-state index in [1.54, 1.807) is 12.1 Å². The third kappa shape index (κ3) is 4.55. The molecule has 3 heteroatoms. The van der Waals surface area contributed by atoms with Crippen molar-refractivity contribution in [2.24, 2.45) is 0 Å². The highest BCUT2D eigenvalue weighted by Crippen LogP contribution is 2.26. The summed E-state index contributed by atoms with van der Waals surface area (Å²) in [7, 11) is 0. The van der Waals surface area contributed by atoms with Gasteiger partial charge in [0.1, 0.15) is 0 Å². The summed E-state index contributed by atoms with van der Waals surface area (Å²) in [6.45, 7) is 4.32. The van der Waals surface area contributed by atoms with Crippen molar-refractivity contribution >= 4 is 11.7 Å². The largest absolute Gasteiger partial charge is 0.478 e. The molecule has 1 aromatic rings. The number of nitrogen functional groups attached to an aromatic ring is 1. The van der Waals surface area contributed by atoms with Crippen LogP contribution in [0.25, 0.3) is 0 Å². The van der Waals surface area contributed by atoms with Gasteiger partial charge in [0.15, 0.2) is 0 Å². The van der Waals surface area contributed by atoms with E-state index < -0.39 is 5.97 Å². The van der Waals surface area contributed by atoms with E-state index in [2.05, 4.69) is 13.8 Å². The van der Waals surface area contributed by atoms with Crippen LogP contribution in [0.15, 0.2) is 12.1 Å². The molecule has 0 aliphatic rings. The van der Waals surface area contributed by atoms with Gasteiger partial charge in [0, 0.05) is 5.69 Å². The van der Waals surface area contributed by atoms with Crippen LogP contribution >= 0.6 is 0 Å². The van der Waals surface area contributed by atoms with Crippen LogP contribution in [0.2, 0.25) is 0 Å². The third-order valence-corrected chi connectivity index (χ3v) is 3.76. The molecule has 0 aliphatic carbocycles. The minimum absolute atomic E-state index is 0.432. The normalized spacial score (nSPS) is 10.7. The molecule has 0 bridgehead atoms. The van der Waals surface area contributed by atoms with Gasteiger partial charge in [-0.2, -0.15) is 0 Å². The Kier molecular flexibility index (Phi) is 7.13. The van der Waals surface area contributed by atoms with E-state index in [4.69, 9.17) is 5.73 Å². The molecule has 0 atom stereocenters. The van der Waals surface area contributed by atoms with Gasteiger partial charge >= 0.3 is 5.97 Å². The summed E-state index contributed by atoms with van der Waals surface area (Å²) >= 11 is 0. The number of nitrogens with two attached hydrogens (primary N) is 1. The quantitative estimate of drug-likeness (QED) is 0.518. The van der Waals surface area contributed by atoms with E-state index in [9.17, 15) is 9.90 Å². The van der Waals surface area contributed by atoms with Crippen molar-refractivity contribution in [3.63, 3.8) is 0 Å². The van der Waals surface area contributed by atoms with Crippen molar-refractivity contribution < 1.29 is 9.90 Å². The summed E-state index contributed by atoms with van der Waals surface area (Å²) in [6.07, 6.45) is 8.39. The van der Waals surface area contributed by atoms with E-state index in [1.807, 2.05) is 0 Å². The summed E-state index contributed by atoms with van der Waals surface area (Å²) < 4.78 is 0. The fraction of sp³-hybridized carbons (Fsp3) is 0.588. The number of rotatable bonds is 9. The summed E-state index contributed by atoms with van der Waals surface area (Å²) in [5.74, 6) is -0.840. The molecule has 0 saturated heterocycles. The van der Waals surface area contributed by atoms with Gasteiger partial charge in [0.2, 0.25) is 0 Å². The van der Waals surface area contributed by atoms with Crippen LogP contribution in [0.1, 0.15) is 73.9 Å². The monoisotopic (exact) mass is 277 g/mol. The summed E-state index contributed by atoms with van der Waals surface area (Å²) in [4.78, 5) is 11.4. The molecule has 20 heavy (non-hydrogen) atoms. The van der Waals surface area contributed by atoms with Crippen LogP contribution < -0.4 is 5.73 Å². The molecule has 0 fully saturated rings. The Morgan fingerprint density at radius 2 is 1.55 bits per heavy atom. The van der Waals surface area contributed by atoms with Crippen molar-refractivity contribution in [1.29, 1.82) is 0 Å². The fourth-order valence-electron chi connectivity index (χ4n) is 2.60. The Labute approximate surface area is 122 Å². The van der Waals surface area contributed by atoms with Gasteiger partial charge < -0.3 is 10.8 Å². The maximum atomic E-state index is 11.4. The Hall–Kier alpha value is -1.51. The van der Waals surface area contributed by atoms with Gasteiger partial charge in [0.05, 0.1) is 5.56 Å². The van der Waals surface area contributed by atoms with E-state index >= 15 is 0 Å². The number of hydrogen-bond donors (Lipinski definition) is 2. The fourth-order valence-corrected chi connectivity index (χ4v) is 2.60. The van der Waals surface area contributed by atoms with Crippen LogP contribution in [0.3, 0.4) is 0 Å². The van der Waals surface area contributed by atoms with E-state index in [-0.39, 0.29) is 0 Å². The van der Waals surface area contributed by atoms with Crippen molar-refractivity contribution in [3.05, 3.63) is 28.8 Å². The summed E-state index contributed by atoms with van der Waals surface area (Å²) in [6, 6.07) is 3.40. The number of carbonyl (C=O) groups is 1. The van der Waals surface area contributed by atoms with Crippen molar-refractivity contribution in [1.82, 2.24) is 0 Å². The Balaban J connectivity index is 3.02. The number of aromatic carboxylic acids is 1. The first-order chi connectivity index (χ1) is 9.61. The van der Waals surface area contributed by atoms with Crippen LogP contribution in [0.4, 0.5) is 5.69 Å². The van der Waals surface area contributed by atoms with E-state index in [0.29, 0.717) is 5.56 Å². The second-order valence-corrected chi connectivity index (χ2v) is 5.38. The maximum absolute atomic E-state index is 11.4. The van der Waals surface area contributed by atoms with Crippen molar-refractivity contribution in [2.75, 3.05) is 5.73 Å². The van der Waals surface area contributed by atoms with E-state index in [0.717, 1.165) is 68.2 Å². The lowest BCUT2D eigenvalue weighted by atomic mass is 9.91. The molecule has 0 spiro atoms. The summed E-state index contributed by atoms with van der Waals surface area (Å²) in [5, 5.41) is 9.37. The average Bonchev–Trinajstić information content (AvgIpc) is 2.41. The van der Waals surface area contributed by atoms with Crippen LogP contribution in [-0.4, -0.2) is 11.1 Å². The molecule has 0 aromatic heterocycles. The minimum atomic E-state index is -0.840.